The van der Waals surface area contributed by atoms with E-state index in [-0.39, 0.29) is 61.0 Å². The van der Waals surface area contributed by atoms with Crippen molar-refractivity contribution in [2.45, 2.75) is 162 Å². The lowest BCUT2D eigenvalue weighted by Gasteiger charge is -2.31. The average molecular weight is 744 g/mol. The Morgan fingerprint density at radius 1 is 1.00 bits per heavy atom. The number of methoxy groups -OCH3 is 1. The second kappa shape index (κ2) is 21.9. The molecule has 53 heavy (non-hydrogen) atoms. The van der Waals surface area contributed by atoms with Crippen molar-refractivity contribution in [2.24, 2.45) is 11.8 Å². The fourth-order valence-electron chi connectivity index (χ4n) is 6.69. The molecule has 1 fully saturated rings. The molecule has 0 aliphatic carbocycles. The van der Waals surface area contributed by atoms with Gasteiger partial charge in [0.15, 0.2) is 0 Å². The third-order valence-corrected chi connectivity index (χ3v) is 10.1. The number of aliphatic hydroxyl groups excluding tert-OH is 2. The number of hydrogen-bond donors (Lipinski definition) is 4. The molecule has 4 N–H and O–H groups in total. The molecule has 0 radical (unpaired) electrons. The summed E-state index contributed by atoms with van der Waals surface area (Å²) in [5, 5.41) is 35.0. The lowest BCUT2D eigenvalue weighted by molar-refractivity contribution is -0.151. The molecular weight excluding hydrogens is 674 g/mol. The van der Waals surface area contributed by atoms with Crippen LogP contribution in [0.3, 0.4) is 0 Å². The summed E-state index contributed by atoms with van der Waals surface area (Å²) in [6.45, 7) is 20.0. The van der Waals surface area contributed by atoms with Crippen molar-refractivity contribution in [2.75, 3.05) is 13.7 Å². The van der Waals surface area contributed by atoms with Gasteiger partial charge in [0.1, 0.15) is 18.3 Å². The number of nitrogens with one attached hydrogen (secondary N) is 1. The Morgan fingerprint density at radius 2 is 1.66 bits per heavy atom. The van der Waals surface area contributed by atoms with Crippen LogP contribution in [0.2, 0.25) is 0 Å². The zero-order chi connectivity index (χ0) is 39.9. The van der Waals surface area contributed by atoms with Gasteiger partial charge in [0.25, 0.3) is 0 Å². The first-order chi connectivity index (χ1) is 24.9. The van der Waals surface area contributed by atoms with Crippen molar-refractivity contribution in [3.05, 3.63) is 71.3 Å². The van der Waals surface area contributed by atoms with Gasteiger partial charge in [-0.3, -0.25) is 9.59 Å². The number of ether oxygens (including phenoxy) is 4. The van der Waals surface area contributed by atoms with E-state index in [2.05, 4.69) is 64.2 Å². The largest absolute Gasteiger partial charge is 0.458 e. The summed E-state index contributed by atoms with van der Waals surface area (Å²) in [5.74, 6) is -1.12. The second-order valence-corrected chi connectivity index (χ2v) is 15.8. The van der Waals surface area contributed by atoms with Crippen LogP contribution in [-0.4, -0.2) is 89.2 Å². The van der Waals surface area contributed by atoms with E-state index in [1.807, 2.05) is 32.9 Å². The minimum atomic E-state index is -1.33. The van der Waals surface area contributed by atoms with E-state index in [9.17, 15) is 19.8 Å². The van der Waals surface area contributed by atoms with Crippen LogP contribution < -0.4 is 5.32 Å². The van der Waals surface area contributed by atoms with E-state index in [4.69, 9.17) is 24.1 Å². The number of epoxide rings is 1. The summed E-state index contributed by atoms with van der Waals surface area (Å²) in [5.41, 5.74) is 1.78. The average Bonchev–Trinajstić information content (AvgIpc) is 3.88. The molecular formula is C43H69NO9. The molecule has 10 heteroatoms. The fourth-order valence-corrected chi connectivity index (χ4v) is 6.69. The summed E-state index contributed by atoms with van der Waals surface area (Å²) < 4.78 is 23.3. The normalized spacial score (nSPS) is 21.7. The van der Waals surface area contributed by atoms with Crippen LogP contribution in [0.25, 0.3) is 0 Å². The molecule has 1 aromatic rings. The maximum Gasteiger partial charge on any atom is 0.309 e. The molecule has 0 amide bonds. The van der Waals surface area contributed by atoms with Crippen molar-refractivity contribution in [1.29, 1.82) is 0 Å². The molecule has 0 spiro atoms. The molecule has 1 aliphatic heterocycles. The van der Waals surface area contributed by atoms with Gasteiger partial charge in [0, 0.05) is 39.0 Å². The summed E-state index contributed by atoms with van der Waals surface area (Å²) in [6, 6.07) is 8.08. The highest BCUT2D eigenvalue weighted by Crippen LogP contribution is 2.39. The first-order valence-electron chi connectivity index (χ1n) is 19.3. The van der Waals surface area contributed by atoms with Crippen LogP contribution in [0.15, 0.2) is 60.2 Å². The summed E-state index contributed by atoms with van der Waals surface area (Å²) in [6.07, 6.45) is 8.55. The van der Waals surface area contributed by atoms with Crippen molar-refractivity contribution in [1.82, 2.24) is 5.32 Å². The SMILES string of the molecule is CCC(C=CC(C)C(OC(=O)CC(O)CCCO)C(C)=CC=CC(C)(O)C(NCc1ccc(C(C)(C)C)cc1)C1OC1C(C)C(CC)OC)OC(C)=O. The number of allylic oxidation sites excluding steroid dienone is 2. The monoisotopic (exact) mass is 743 g/mol. The number of hydrogen-bond acceptors (Lipinski definition) is 10. The standard InChI is InChI=1S/C43H69NO9/c1-12-35(51-31(6)46)23-18-29(4)38(52-37(48)26-34(47)17-15-25-45)28(3)16-14-24-43(10,49)41(40-39(53-40)30(5)36(13-2)50-11)44-27-32-19-21-33(22-20-32)42(7,8)9/h14,16,18-24,29-30,34-36,38-41,44-45,47,49H,12-13,15,17,25-27H2,1-11H3. The van der Waals surface area contributed by atoms with E-state index in [1.54, 1.807) is 32.3 Å². The predicted octanol–water partition coefficient (Wildman–Crippen LogP) is 6.49. The maximum atomic E-state index is 13.0. The lowest BCUT2D eigenvalue weighted by Crippen LogP contribution is -2.52. The van der Waals surface area contributed by atoms with Gasteiger partial charge in [-0.05, 0) is 67.7 Å². The van der Waals surface area contributed by atoms with Crippen LogP contribution in [0.5, 0.6) is 0 Å². The smallest absolute Gasteiger partial charge is 0.309 e. The third-order valence-electron chi connectivity index (χ3n) is 10.1. The van der Waals surface area contributed by atoms with Gasteiger partial charge in [0.2, 0.25) is 0 Å². The van der Waals surface area contributed by atoms with E-state index in [0.717, 1.165) is 17.6 Å². The summed E-state index contributed by atoms with van der Waals surface area (Å²) in [7, 11) is 1.72. The van der Waals surface area contributed by atoms with Crippen molar-refractivity contribution in [3.8, 4) is 0 Å². The van der Waals surface area contributed by atoms with Gasteiger partial charge >= 0.3 is 11.9 Å². The highest BCUT2D eigenvalue weighted by atomic mass is 16.6. The molecule has 10 nitrogen and oxygen atoms in total. The number of carbonyl (C=O) groups excluding carboxylic acids is 2. The Morgan fingerprint density at radius 3 is 2.21 bits per heavy atom. The third kappa shape index (κ3) is 15.4. The molecule has 1 aliphatic rings. The molecule has 300 valence electrons. The molecule has 2 rings (SSSR count). The molecule has 10 atom stereocenters. The minimum Gasteiger partial charge on any atom is -0.458 e. The zero-order valence-electron chi connectivity index (χ0n) is 34.1. The molecule has 0 aromatic heterocycles. The van der Waals surface area contributed by atoms with Crippen molar-refractivity contribution >= 4 is 11.9 Å². The predicted molar refractivity (Wildman–Crippen MR) is 209 cm³/mol. The fraction of sp³-hybridized carbons (Fsp3) is 0.674. The van der Waals surface area contributed by atoms with E-state index < -0.39 is 35.9 Å². The quantitative estimate of drug-likeness (QED) is 0.0425. The van der Waals surface area contributed by atoms with Gasteiger partial charge in [-0.15, -0.1) is 0 Å². The van der Waals surface area contributed by atoms with Gasteiger partial charge in [-0.25, -0.2) is 0 Å². The van der Waals surface area contributed by atoms with Crippen molar-refractivity contribution in [3.63, 3.8) is 0 Å². The molecule has 0 bridgehead atoms. The molecule has 1 saturated heterocycles. The Labute approximate surface area is 319 Å². The molecule has 1 heterocycles. The first kappa shape index (κ1) is 46.3. The van der Waals surface area contributed by atoms with E-state index >= 15 is 0 Å². The maximum absolute atomic E-state index is 13.0. The number of esters is 2. The van der Waals surface area contributed by atoms with Crippen molar-refractivity contribution < 1.29 is 43.9 Å². The van der Waals surface area contributed by atoms with E-state index in [1.165, 1.54) is 12.5 Å². The zero-order valence-corrected chi connectivity index (χ0v) is 34.1. The minimum absolute atomic E-state index is 0.0368. The molecule has 1 aromatic carbocycles. The van der Waals surface area contributed by atoms with Crippen LogP contribution >= 0.6 is 0 Å². The second-order valence-electron chi connectivity index (χ2n) is 15.8. The number of carbonyl (C=O) groups is 2. The van der Waals surface area contributed by atoms with Gasteiger partial charge in [0.05, 0.1) is 36.4 Å². The topological polar surface area (TPSA) is 147 Å². The Kier molecular flexibility index (Phi) is 19.1. The van der Waals surface area contributed by atoms with Crippen LogP contribution in [0.1, 0.15) is 112 Å². The molecule has 0 saturated carbocycles. The lowest BCUT2D eigenvalue weighted by atomic mass is 9.86. The number of benzene rings is 1. The summed E-state index contributed by atoms with van der Waals surface area (Å²) in [4.78, 5) is 24.5. The van der Waals surface area contributed by atoms with Crippen LogP contribution in [-0.2, 0) is 40.5 Å². The first-order valence-corrected chi connectivity index (χ1v) is 19.3. The number of rotatable bonds is 23. The highest BCUT2D eigenvalue weighted by Gasteiger charge is 2.54. The Balaban J connectivity index is 2.37. The number of aliphatic hydroxyl groups is 3. The van der Waals surface area contributed by atoms with Crippen LogP contribution in [0, 0.1) is 11.8 Å². The van der Waals surface area contributed by atoms with Gasteiger partial charge in [-0.1, -0.05) is 97.0 Å². The summed E-state index contributed by atoms with van der Waals surface area (Å²) >= 11 is 0. The Hall–Kier alpha value is -2.86. The van der Waals surface area contributed by atoms with E-state index in [0.29, 0.717) is 19.4 Å². The molecule has 10 unspecified atom stereocenters. The highest BCUT2D eigenvalue weighted by molar-refractivity contribution is 5.70. The van der Waals surface area contributed by atoms with Gasteiger partial charge in [-0.2, -0.15) is 0 Å². The Bertz CT molecular complexity index is 1340. The van der Waals surface area contributed by atoms with Crippen LogP contribution in [0.4, 0.5) is 0 Å². The van der Waals surface area contributed by atoms with Gasteiger partial charge < -0.3 is 39.6 Å².